The number of carbonyl (C=O) groups excluding carboxylic acids is 2. The van der Waals surface area contributed by atoms with E-state index in [0.29, 0.717) is 19.0 Å². The van der Waals surface area contributed by atoms with Crippen LogP contribution in [0.2, 0.25) is 0 Å². The Morgan fingerprint density at radius 2 is 1.92 bits per heavy atom. The zero-order valence-corrected chi connectivity index (χ0v) is 15.8. The molecule has 2 aliphatic rings. The van der Waals surface area contributed by atoms with E-state index in [1.165, 1.54) is 19.3 Å². The zero-order chi connectivity index (χ0) is 18.2. The molecule has 25 heavy (non-hydrogen) atoms. The first-order valence-corrected chi connectivity index (χ1v) is 9.43. The molecule has 1 aliphatic carbocycles. The maximum atomic E-state index is 12.7. The van der Waals surface area contributed by atoms with Gasteiger partial charge in [0, 0.05) is 24.6 Å². The van der Waals surface area contributed by atoms with Gasteiger partial charge in [0.25, 0.3) is 0 Å². The standard InChI is InChI=1S/C19H30N4O2/c1-13-10-16(23(21-13)15-8-6-5-7-9-15)20-18(25)14-11-17(24)22(12-14)19(2,3)4/h10,14-15H,5-9,11-12H2,1-4H3,(H,20,25)/t14-/m1/s1. The van der Waals surface area contributed by atoms with Crippen LogP contribution < -0.4 is 5.32 Å². The molecular formula is C19H30N4O2. The minimum atomic E-state index is -0.290. The van der Waals surface area contributed by atoms with Crippen LogP contribution in [0, 0.1) is 12.8 Å². The molecule has 138 valence electrons. The van der Waals surface area contributed by atoms with Crippen molar-refractivity contribution in [2.45, 2.75) is 77.8 Å². The van der Waals surface area contributed by atoms with Gasteiger partial charge in [-0.2, -0.15) is 5.10 Å². The molecule has 1 aromatic heterocycles. The molecule has 1 N–H and O–H groups in total. The van der Waals surface area contributed by atoms with Crippen LogP contribution in [0.15, 0.2) is 6.07 Å². The predicted molar refractivity (Wildman–Crippen MR) is 97.3 cm³/mol. The zero-order valence-electron chi connectivity index (χ0n) is 15.8. The topological polar surface area (TPSA) is 67.2 Å². The van der Waals surface area contributed by atoms with E-state index in [1.54, 1.807) is 4.90 Å². The van der Waals surface area contributed by atoms with Crippen molar-refractivity contribution < 1.29 is 9.59 Å². The Morgan fingerprint density at radius 1 is 1.24 bits per heavy atom. The highest BCUT2D eigenvalue weighted by Gasteiger charge is 2.39. The van der Waals surface area contributed by atoms with Gasteiger partial charge in [-0.25, -0.2) is 4.68 Å². The number of anilines is 1. The van der Waals surface area contributed by atoms with Crippen LogP contribution in [0.5, 0.6) is 0 Å². The van der Waals surface area contributed by atoms with Crippen LogP contribution in [0.4, 0.5) is 5.82 Å². The van der Waals surface area contributed by atoms with Crippen molar-refractivity contribution in [3.63, 3.8) is 0 Å². The summed E-state index contributed by atoms with van der Waals surface area (Å²) in [5, 5.41) is 7.65. The van der Waals surface area contributed by atoms with Crippen LogP contribution in [0.1, 0.15) is 71.0 Å². The normalized spacial score (nSPS) is 22.5. The predicted octanol–water partition coefficient (Wildman–Crippen LogP) is 3.28. The van der Waals surface area contributed by atoms with Crippen LogP contribution in [-0.2, 0) is 9.59 Å². The number of aromatic nitrogens is 2. The minimum Gasteiger partial charge on any atom is -0.337 e. The number of likely N-dealkylation sites (tertiary alicyclic amines) is 1. The summed E-state index contributed by atoms with van der Waals surface area (Å²) in [7, 11) is 0. The molecule has 1 aliphatic heterocycles. The highest BCUT2D eigenvalue weighted by molar-refractivity contribution is 5.96. The van der Waals surface area contributed by atoms with Crippen molar-refractivity contribution in [2.75, 3.05) is 11.9 Å². The van der Waals surface area contributed by atoms with Crippen LogP contribution >= 0.6 is 0 Å². The number of hydrogen-bond acceptors (Lipinski definition) is 3. The monoisotopic (exact) mass is 346 g/mol. The van der Waals surface area contributed by atoms with E-state index in [0.717, 1.165) is 24.4 Å². The van der Waals surface area contributed by atoms with Crippen molar-refractivity contribution in [2.24, 2.45) is 5.92 Å². The number of aryl methyl sites for hydroxylation is 1. The number of rotatable bonds is 3. The summed E-state index contributed by atoms with van der Waals surface area (Å²) in [5.74, 6) is 0.472. The Balaban J connectivity index is 1.70. The van der Waals surface area contributed by atoms with Crippen molar-refractivity contribution in [3.8, 4) is 0 Å². The Kier molecular flexibility index (Phi) is 4.89. The third kappa shape index (κ3) is 3.88. The number of carbonyl (C=O) groups is 2. The number of nitrogens with zero attached hydrogens (tertiary/aromatic N) is 3. The molecule has 1 saturated heterocycles. The number of hydrogen-bond donors (Lipinski definition) is 1. The van der Waals surface area contributed by atoms with Gasteiger partial charge in [0.2, 0.25) is 11.8 Å². The summed E-state index contributed by atoms with van der Waals surface area (Å²) in [6.07, 6.45) is 6.24. The second kappa shape index (κ2) is 6.81. The maximum absolute atomic E-state index is 12.7. The molecule has 1 aromatic rings. The summed E-state index contributed by atoms with van der Waals surface area (Å²) >= 11 is 0. The second-order valence-corrected chi connectivity index (χ2v) is 8.47. The van der Waals surface area contributed by atoms with E-state index >= 15 is 0 Å². The molecule has 3 rings (SSSR count). The third-order valence-corrected chi connectivity index (χ3v) is 5.34. The fraction of sp³-hybridized carbons (Fsp3) is 0.737. The summed E-state index contributed by atoms with van der Waals surface area (Å²) in [5.41, 5.74) is 0.673. The highest BCUT2D eigenvalue weighted by atomic mass is 16.2. The van der Waals surface area contributed by atoms with Crippen LogP contribution in [0.3, 0.4) is 0 Å². The molecule has 0 aromatic carbocycles. The SMILES string of the molecule is Cc1cc(NC(=O)[C@@H]2CC(=O)N(C(C)(C)C)C2)n(C2CCCCC2)n1. The lowest BCUT2D eigenvalue weighted by Gasteiger charge is -2.32. The van der Waals surface area contributed by atoms with Gasteiger partial charge >= 0.3 is 0 Å². The lowest BCUT2D eigenvalue weighted by atomic mass is 9.96. The Hall–Kier alpha value is -1.85. The molecule has 0 bridgehead atoms. The molecule has 1 saturated carbocycles. The van der Waals surface area contributed by atoms with Gasteiger partial charge in [0.05, 0.1) is 17.7 Å². The Bertz CT molecular complexity index is 653. The first kappa shape index (κ1) is 18.0. The van der Waals surface area contributed by atoms with Gasteiger partial charge in [-0.3, -0.25) is 9.59 Å². The highest BCUT2D eigenvalue weighted by Crippen LogP contribution is 2.31. The summed E-state index contributed by atoms with van der Waals surface area (Å²) in [6.45, 7) is 8.46. The molecule has 0 spiro atoms. The van der Waals surface area contributed by atoms with E-state index in [4.69, 9.17) is 0 Å². The fourth-order valence-corrected chi connectivity index (χ4v) is 3.97. The summed E-state index contributed by atoms with van der Waals surface area (Å²) in [6, 6.07) is 2.30. The second-order valence-electron chi connectivity index (χ2n) is 8.47. The summed E-state index contributed by atoms with van der Waals surface area (Å²) < 4.78 is 1.99. The smallest absolute Gasteiger partial charge is 0.230 e. The van der Waals surface area contributed by atoms with Gasteiger partial charge in [0.1, 0.15) is 5.82 Å². The summed E-state index contributed by atoms with van der Waals surface area (Å²) in [4.78, 5) is 26.8. The van der Waals surface area contributed by atoms with Gasteiger partial charge in [-0.1, -0.05) is 19.3 Å². The van der Waals surface area contributed by atoms with Gasteiger partial charge in [0.15, 0.2) is 0 Å². The molecule has 2 fully saturated rings. The van der Waals surface area contributed by atoms with Crippen molar-refractivity contribution in [1.82, 2.24) is 14.7 Å². The van der Waals surface area contributed by atoms with Crippen molar-refractivity contribution in [3.05, 3.63) is 11.8 Å². The molecular weight excluding hydrogens is 316 g/mol. The van der Waals surface area contributed by atoms with E-state index in [1.807, 2.05) is 38.4 Å². The van der Waals surface area contributed by atoms with Crippen molar-refractivity contribution in [1.29, 1.82) is 0 Å². The van der Waals surface area contributed by atoms with E-state index in [-0.39, 0.29) is 23.3 Å². The van der Waals surface area contributed by atoms with Gasteiger partial charge < -0.3 is 10.2 Å². The average Bonchev–Trinajstić information content (AvgIpc) is 3.11. The molecule has 1 atom stereocenters. The van der Waals surface area contributed by atoms with Crippen LogP contribution in [-0.4, -0.2) is 38.6 Å². The van der Waals surface area contributed by atoms with E-state index in [9.17, 15) is 9.59 Å². The first-order chi connectivity index (χ1) is 11.8. The molecule has 0 unspecified atom stereocenters. The van der Waals surface area contributed by atoms with Crippen molar-refractivity contribution >= 4 is 17.6 Å². The van der Waals surface area contributed by atoms with Crippen LogP contribution in [0.25, 0.3) is 0 Å². The molecule has 2 amide bonds. The lowest BCUT2D eigenvalue weighted by molar-refractivity contribution is -0.131. The maximum Gasteiger partial charge on any atom is 0.230 e. The number of nitrogens with one attached hydrogen (secondary N) is 1. The Labute approximate surface area is 149 Å². The fourth-order valence-electron chi connectivity index (χ4n) is 3.97. The van der Waals surface area contributed by atoms with E-state index in [2.05, 4.69) is 10.4 Å². The lowest BCUT2D eigenvalue weighted by Crippen LogP contribution is -2.42. The third-order valence-electron chi connectivity index (χ3n) is 5.34. The minimum absolute atomic E-state index is 0.0598. The Morgan fingerprint density at radius 3 is 2.52 bits per heavy atom. The van der Waals surface area contributed by atoms with Gasteiger partial charge in [-0.15, -0.1) is 0 Å². The molecule has 6 nitrogen and oxygen atoms in total. The average molecular weight is 346 g/mol. The number of amides is 2. The largest absolute Gasteiger partial charge is 0.337 e. The van der Waals surface area contributed by atoms with Gasteiger partial charge in [-0.05, 0) is 40.5 Å². The first-order valence-electron chi connectivity index (χ1n) is 9.43. The molecule has 6 heteroatoms. The quantitative estimate of drug-likeness (QED) is 0.913. The molecule has 0 radical (unpaired) electrons. The van der Waals surface area contributed by atoms with E-state index < -0.39 is 0 Å². The molecule has 2 heterocycles.